The van der Waals surface area contributed by atoms with Crippen molar-refractivity contribution < 1.29 is 23.8 Å². The van der Waals surface area contributed by atoms with Crippen LogP contribution in [-0.4, -0.2) is 18.5 Å². The fraction of sp³-hybridized carbons (Fsp3) is 0.273. The SMILES string of the molecule is C=CC(=O)Oc1ccc(C(=O)Oc2ccc(OCCCCCC)cc2)cc1. The van der Waals surface area contributed by atoms with Gasteiger partial charge in [0, 0.05) is 6.08 Å². The van der Waals surface area contributed by atoms with Crippen molar-refractivity contribution in [2.45, 2.75) is 32.6 Å². The quantitative estimate of drug-likeness (QED) is 0.257. The molecule has 2 aromatic carbocycles. The normalized spacial score (nSPS) is 10.1. The van der Waals surface area contributed by atoms with Crippen LogP contribution >= 0.6 is 0 Å². The van der Waals surface area contributed by atoms with Gasteiger partial charge in [-0.15, -0.1) is 0 Å². The second kappa shape index (κ2) is 10.8. The number of rotatable bonds is 10. The molecule has 0 aliphatic carbocycles. The Morgan fingerprint density at radius 2 is 1.44 bits per heavy atom. The van der Waals surface area contributed by atoms with Crippen LogP contribution < -0.4 is 14.2 Å². The molecule has 5 heteroatoms. The molecule has 0 aliphatic rings. The minimum Gasteiger partial charge on any atom is -0.494 e. The molecule has 0 unspecified atom stereocenters. The van der Waals surface area contributed by atoms with Gasteiger partial charge in [0.15, 0.2) is 0 Å². The number of hydrogen-bond donors (Lipinski definition) is 0. The fourth-order valence-corrected chi connectivity index (χ4v) is 2.31. The first kappa shape index (κ1) is 20.2. The first-order valence-electron chi connectivity index (χ1n) is 9.01. The summed E-state index contributed by atoms with van der Waals surface area (Å²) in [6.07, 6.45) is 5.68. The van der Waals surface area contributed by atoms with Gasteiger partial charge in [0.25, 0.3) is 0 Å². The number of hydrogen-bond acceptors (Lipinski definition) is 5. The smallest absolute Gasteiger partial charge is 0.343 e. The van der Waals surface area contributed by atoms with E-state index < -0.39 is 11.9 Å². The summed E-state index contributed by atoms with van der Waals surface area (Å²) in [6.45, 7) is 6.18. The van der Waals surface area contributed by atoms with E-state index in [2.05, 4.69) is 13.5 Å². The van der Waals surface area contributed by atoms with Gasteiger partial charge in [0.05, 0.1) is 12.2 Å². The lowest BCUT2D eigenvalue weighted by molar-refractivity contribution is -0.128. The summed E-state index contributed by atoms with van der Waals surface area (Å²) < 4.78 is 16.0. The third-order valence-corrected chi connectivity index (χ3v) is 3.78. The lowest BCUT2D eigenvalue weighted by Crippen LogP contribution is -2.09. The molecule has 0 amide bonds. The van der Waals surface area contributed by atoms with Crippen LogP contribution in [0.2, 0.25) is 0 Å². The standard InChI is InChI=1S/C22H24O5/c1-3-5-6-7-16-25-18-12-14-20(15-13-18)27-22(24)17-8-10-19(11-9-17)26-21(23)4-2/h4,8-15H,2-3,5-7,16H2,1H3. The Balaban J connectivity index is 1.84. The minimum absolute atomic E-state index is 0.330. The molecule has 0 heterocycles. The van der Waals surface area contributed by atoms with Crippen LogP contribution in [0.15, 0.2) is 61.2 Å². The monoisotopic (exact) mass is 368 g/mol. The second-order valence-electron chi connectivity index (χ2n) is 5.92. The number of ether oxygens (including phenoxy) is 3. The highest BCUT2D eigenvalue weighted by atomic mass is 16.5. The Morgan fingerprint density at radius 1 is 0.852 bits per heavy atom. The largest absolute Gasteiger partial charge is 0.494 e. The van der Waals surface area contributed by atoms with Gasteiger partial charge in [0.1, 0.15) is 17.2 Å². The molecule has 142 valence electrons. The van der Waals surface area contributed by atoms with Crippen LogP contribution in [-0.2, 0) is 4.79 Å². The zero-order valence-electron chi connectivity index (χ0n) is 15.5. The highest BCUT2D eigenvalue weighted by molar-refractivity contribution is 5.91. The van der Waals surface area contributed by atoms with Gasteiger partial charge in [-0.2, -0.15) is 0 Å². The molecule has 0 aliphatic heterocycles. The van der Waals surface area contributed by atoms with E-state index in [1.807, 2.05) is 0 Å². The van der Waals surface area contributed by atoms with Crippen molar-refractivity contribution in [2.75, 3.05) is 6.61 Å². The van der Waals surface area contributed by atoms with E-state index in [0.29, 0.717) is 23.7 Å². The Bertz CT molecular complexity index is 747. The predicted molar refractivity (Wildman–Crippen MR) is 103 cm³/mol. The molecule has 2 rings (SSSR count). The maximum absolute atomic E-state index is 12.2. The van der Waals surface area contributed by atoms with Crippen molar-refractivity contribution in [3.05, 3.63) is 66.7 Å². The molecule has 2 aromatic rings. The van der Waals surface area contributed by atoms with Crippen LogP contribution in [0, 0.1) is 0 Å². The van der Waals surface area contributed by atoms with E-state index in [4.69, 9.17) is 14.2 Å². The summed E-state index contributed by atoms with van der Waals surface area (Å²) in [5, 5.41) is 0. The molecule has 27 heavy (non-hydrogen) atoms. The highest BCUT2D eigenvalue weighted by Gasteiger charge is 2.09. The molecule has 0 spiro atoms. The van der Waals surface area contributed by atoms with Crippen molar-refractivity contribution >= 4 is 11.9 Å². The lowest BCUT2D eigenvalue weighted by Gasteiger charge is -2.08. The number of benzene rings is 2. The summed E-state index contributed by atoms with van der Waals surface area (Å²) >= 11 is 0. The molecule has 0 atom stereocenters. The van der Waals surface area contributed by atoms with Gasteiger partial charge in [-0.25, -0.2) is 9.59 Å². The minimum atomic E-state index is -0.557. The van der Waals surface area contributed by atoms with Crippen molar-refractivity contribution in [1.82, 2.24) is 0 Å². The molecule has 0 saturated heterocycles. The van der Waals surface area contributed by atoms with Gasteiger partial charge in [-0.1, -0.05) is 32.8 Å². The molecule has 0 fully saturated rings. The van der Waals surface area contributed by atoms with Crippen molar-refractivity contribution in [3.63, 3.8) is 0 Å². The number of esters is 2. The van der Waals surface area contributed by atoms with Gasteiger partial charge in [-0.05, 0) is 55.0 Å². The van der Waals surface area contributed by atoms with Gasteiger partial charge in [0.2, 0.25) is 0 Å². The second-order valence-corrected chi connectivity index (χ2v) is 5.92. The van der Waals surface area contributed by atoms with Crippen molar-refractivity contribution in [1.29, 1.82) is 0 Å². The maximum atomic E-state index is 12.2. The molecular weight excluding hydrogens is 344 g/mol. The molecule has 0 bridgehead atoms. The first-order valence-corrected chi connectivity index (χ1v) is 9.01. The highest BCUT2D eigenvalue weighted by Crippen LogP contribution is 2.20. The summed E-state index contributed by atoms with van der Waals surface area (Å²) in [5.74, 6) is 0.458. The topological polar surface area (TPSA) is 61.8 Å². The maximum Gasteiger partial charge on any atom is 0.343 e. The van der Waals surface area contributed by atoms with Gasteiger partial charge in [-0.3, -0.25) is 0 Å². The zero-order valence-corrected chi connectivity index (χ0v) is 15.5. The summed E-state index contributed by atoms with van der Waals surface area (Å²) in [4.78, 5) is 23.3. The van der Waals surface area contributed by atoms with Crippen molar-refractivity contribution in [2.24, 2.45) is 0 Å². The summed E-state index contributed by atoms with van der Waals surface area (Å²) in [5.41, 5.74) is 0.352. The lowest BCUT2D eigenvalue weighted by atomic mass is 10.2. The molecule has 0 aromatic heterocycles. The summed E-state index contributed by atoms with van der Waals surface area (Å²) in [7, 11) is 0. The Kier molecular flexibility index (Phi) is 8.10. The number of carbonyl (C=O) groups excluding carboxylic acids is 2. The van der Waals surface area contributed by atoms with Crippen LogP contribution in [0.3, 0.4) is 0 Å². The van der Waals surface area contributed by atoms with Crippen LogP contribution in [0.1, 0.15) is 43.0 Å². The number of unbranched alkanes of at least 4 members (excludes halogenated alkanes) is 3. The molecule has 0 N–H and O–H groups in total. The Labute approximate surface area is 159 Å². The summed E-state index contributed by atoms with van der Waals surface area (Å²) in [6, 6.07) is 13.0. The third-order valence-electron chi connectivity index (χ3n) is 3.78. The zero-order chi connectivity index (χ0) is 19.5. The fourth-order valence-electron chi connectivity index (χ4n) is 2.31. The van der Waals surface area contributed by atoms with Gasteiger partial charge >= 0.3 is 11.9 Å². The predicted octanol–water partition coefficient (Wildman–Crippen LogP) is 4.96. The Morgan fingerprint density at radius 3 is 2.07 bits per heavy atom. The third kappa shape index (κ3) is 6.98. The van der Waals surface area contributed by atoms with E-state index >= 15 is 0 Å². The van der Waals surface area contributed by atoms with Crippen LogP contribution in [0.5, 0.6) is 17.2 Å². The first-order chi connectivity index (χ1) is 13.1. The molecule has 0 saturated carbocycles. The molecular formula is C22H24O5. The molecule has 0 radical (unpaired) electrons. The average molecular weight is 368 g/mol. The van der Waals surface area contributed by atoms with Crippen LogP contribution in [0.25, 0.3) is 0 Å². The Hall–Kier alpha value is -3.08. The van der Waals surface area contributed by atoms with Crippen LogP contribution in [0.4, 0.5) is 0 Å². The van der Waals surface area contributed by atoms with E-state index in [1.165, 1.54) is 37.1 Å². The van der Waals surface area contributed by atoms with E-state index in [0.717, 1.165) is 24.7 Å². The van der Waals surface area contributed by atoms with E-state index in [-0.39, 0.29) is 0 Å². The molecule has 5 nitrogen and oxygen atoms in total. The average Bonchev–Trinajstić information content (AvgIpc) is 2.69. The number of carbonyl (C=O) groups is 2. The van der Waals surface area contributed by atoms with Crippen molar-refractivity contribution in [3.8, 4) is 17.2 Å². The van der Waals surface area contributed by atoms with E-state index in [1.54, 1.807) is 24.3 Å². The van der Waals surface area contributed by atoms with E-state index in [9.17, 15) is 9.59 Å². The van der Waals surface area contributed by atoms with Gasteiger partial charge < -0.3 is 14.2 Å².